The lowest BCUT2D eigenvalue weighted by Gasteiger charge is -2.06. The Labute approximate surface area is 101 Å². The van der Waals surface area contributed by atoms with E-state index < -0.39 is 5.91 Å². The van der Waals surface area contributed by atoms with E-state index in [-0.39, 0.29) is 15.9 Å². The van der Waals surface area contributed by atoms with Gasteiger partial charge >= 0.3 is 0 Å². The van der Waals surface area contributed by atoms with Crippen LogP contribution in [-0.4, -0.2) is 20.8 Å². The van der Waals surface area contributed by atoms with Gasteiger partial charge in [-0.15, -0.1) is 10.2 Å². The molecule has 0 saturated heterocycles. The normalized spacial score (nSPS) is 10.1. The van der Waals surface area contributed by atoms with Crippen LogP contribution in [0.4, 0.5) is 0 Å². The van der Waals surface area contributed by atoms with Gasteiger partial charge in [0, 0.05) is 12.4 Å². The summed E-state index contributed by atoms with van der Waals surface area (Å²) in [6.07, 6.45) is 3.37. The average Bonchev–Trinajstić information content (AvgIpc) is 2.74. The molecular formula is C9H6Cl2N4O. The fraction of sp³-hybridized carbons (Fsp3) is 0. The maximum Gasteiger partial charge on any atom is 0.273 e. The smallest absolute Gasteiger partial charge is 0.268 e. The minimum Gasteiger partial charge on any atom is -0.268 e. The molecule has 0 aliphatic rings. The summed E-state index contributed by atoms with van der Waals surface area (Å²) in [5.74, 6) is -0.405. The van der Waals surface area contributed by atoms with Crippen LogP contribution in [0.15, 0.2) is 30.6 Å². The summed E-state index contributed by atoms with van der Waals surface area (Å²) in [6.45, 7) is 0. The van der Waals surface area contributed by atoms with E-state index in [0.29, 0.717) is 0 Å². The molecule has 0 saturated carbocycles. The van der Waals surface area contributed by atoms with E-state index in [9.17, 15) is 4.79 Å². The Hall–Kier alpha value is -1.59. The van der Waals surface area contributed by atoms with Crippen molar-refractivity contribution in [2.24, 2.45) is 0 Å². The Balaban J connectivity index is 2.24. The Bertz CT molecular complexity index is 512. The third-order valence-electron chi connectivity index (χ3n) is 1.80. The molecule has 0 unspecified atom stereocenters. The van der Waals surface area contributed by atoms with Crippen molar-refractivity contribution in [2.75, 3.05) is 5.43 Å². The van der Waals surface area contributed by atoms with E-state index in [2.05, 4.69) is 15.6 Å². The topological polar surface area (TPSA) is 59.8 Å². The number of nitrogens with one attached hydrogen (secondary N) is 1. The molecule has 0 atom stereocenters. The highest BCUT2D eigenvalue weighted by Gasteiger charge is 2.12. The van der Waals surface area contributed by atoms with Gasteiger partial charge in [-0.05, 0) is 18.2 Å². The summed E-state index contributed by atoms with van der Waals surface area (Å²) < 4.78 is 1.49. The number of carbonyl (C=O) groups excluding carboxylic acids is 1. The maximum atomic E-state index is 11.7. The van der Waals surface area contributed by atoms with Gasteiger partial charge in [0.15, 0.2) is 10.3 Å². The van der Waals surface area contributed by atoms with Crippen LogP contribution < -0.4 is 5.43 Å². The molecule has 0 aliphatic heterocycles. The lowest BCUT2D eigenvalue weighted by Crippen LogP contribution is -2.22. The summed E-state index contributed by atoms with van der Waals surface area (Å²) >= 11 is 11.4. The Morgan fingerprint density at radius 3 is 2.62 bits per heavy atom. The number of hydrogen-bond acceptors (Lipinski definition) is 3. The highest BCUT2D eigenvalue weighted by atomic mass is 35.5. The fourth-order valence-electron chi connectivity index (χ4n) is 1.10. The molecule has 0 spiro atoms. The van der Waals surface area contributed by atoms with E-state index in [1.54, 1.807) is 24.5 Å². The van der Waals surface area contributed by atoms with E-state index >= 15 is 0 Å². The summed E-state index contributed by atoms with van der Waals surface area (Å²) in [6, 6.07) is 4.91. The summed E-state index contributed by atoms with van der Waals surface area (Å²) in [4.78, 5) is 11.7. The average molecular weight is 257 g/mol. The van der Waals surface area contributed by atoms with E-state index in [0.717, 1.165) is 0 Å². The molecule has 82 valence electrons. The van der Waals surface area contributed by atoms with Crippen molar-refractivity contribution < 1.29 is 4.79 Å². The number of carbonyl (C=O) groups is 1. The van der Waals surface area contributed by atoms with Gasteiger partial charge in [-0.1, -0.05) is 23.2 Å². The third-order valence-corrected chi connectivity index (χ3v) is 2.26. The number of aromatic nitrogens is 3. The predicted molar refractivity (Wildman–Crippen MR) is 60.2 cm³/mol. The molecule has 0 aromatic carbocycles. The molecule has 7 heteroatoms. The first-order valence-corrected chi connectivity index (χ1v) is 5.05. The van der Waals surface area contributed by atoms with Gasteiger partial charge in [-0.2, -0.15) is 0 Å². The van der Waals surface area contributed by atoms with Crippen LogP contribution in [0.3, 0.4) is 0 Å². The van der Waals surface area contributed by atoms with Crippen LogP contribution in [-0.2, 0) is 0 Å². The van der Waals surface area contributed by atoms with Crippen molar-refractivity contribution in [1.29, 1.82) is 0 Å². The van der Waals surface area contributed by atoms with Crippen LogP contribution in [0, 0.1) is 0 Å². The third kappa shape index (κ3) is 2.32. The molecule has 2 heterocycles. The van der Waals surface area contributed by atoms with Crippen molar-refractivity contribution in [3.63, 3.8) is 0 Å². The quantitative estimate of drug-likeness (QED) is 0.894. The summed E-state index contributed by atoms with van der Waals surface area (Å²) in [7, 11) is 0. The second kappa shape index (κ2) is 4.51. The minimum absolute atomic E-state index is 0.00839. The first-order valence-electron chi connectivity index (χ1n) is 4.30. The molecule has 2 aromatic heterocycles. The summed E-state index contributed by atoms with van der Waals surface area (Å²) in [5.41, 5.74) is 2.75. The number of hydrogen-bond donors (Lipinski definition) is 1. The lowest BCUT2D eigenvalue weighted by molar-refractivity contribution is 0.101. The molecule has 16 heavy (non-hydrogen) atoms. The first-order chi connectivity index (χ1) is 7.66. The molecule has 0 aliphatic carbocycles. The van der Waals surface area contributed by atoms with Crippen LogP contribution >= 0.6 is 23.2 Å². The van der Waals surface area contributed by atoms with Gasteiger partial charge in [0.25, 0.3) is 5.91 Å². The molecule has 0 bridgehead atoms. The Morgan fingerprint density at radius 1 is 1.25 bits per heavy atom. The van der Waals surface area contributed by atoms with Gasteiger partial charge in [0.05, 0.1) is 5.56 Å². The fourth-order valence-corrected chi connectivity index (χ4v) is 1.42. The van der Waals surface area contributed by atoms with Crippen molar-refractivity contribution in [3.05, 3.63) is 46.5 Å². The molecule has 0 fully saturated rings. The largest absolute Gasteiger partial charge is 0.273 e. The van der Waals surface area contributed by atoms with Crippen LogP contribution in [0.5, 0.6) is 0 Å². The van der Waals surface area contributed by atoms with E-state index in [4.69, 9.17) is 23.2 Å². The zero-order valence-electron chi connectivity index (χ0n) is 7.89. The monoisotopic (exact) mass is 256 g/mol. The van der Waals surface area contributed by atoms with Crippen LogP contribution in [0.25, 0.3) is 0 Å². The maximum absolute atomic E-state index is 11.7. The van der Waals surface area contributed by atoms with Crippen molar-refractivity contribution in [2.45, 2.75) is 0 Å². The second-order valence-corrected chi connectivity index (χ2v) is 3.65. The van der Waals surface area contributed by atoms with Gasteiger partial charge in [-0.3, -0.25) is 14.9 Å². The van der Waals surface area contributed by atoms with Gasteiger partial charge < -0.3 is 0 Å². The molecule has 1 amide bonds. The van der Waals surface area contributed by atoms with Gasteiger partial charge in [0.2, 0.25) is 0 Å². The molecule has 2 aromatic rings. The zero-order chi connectivity index (χ0) is 11.5. The molecular weight excluding hydrogens is 251 g/mol. The van der Waals surface area contributed by atoms with Crippen molar-refractivity contribution in [1.82, 2.24) is 14.9 Å². The lowest BCUT2D eigenvalue weighted by atomic mass is 10.3. The van der Waals surface area contributed by atoms with Gasteiger partial charge in [0.1, 0.15) is 0 Å². The highest BCUT2D eigenvalue weighted by Crippen LogP contribution is 2.15. The SMILES string of the molecule is O=C(Nn1cccc1)c1cc(Cl)nnc1Cl. The first kappa shape index (κ1) is 10.9. The summed E-state index contributed by atoms with van der Waals surface area (Å²) in [5, 5.41) is 7.18. The number of amides is 1. The van der Waals surface area contributed by atoms with Gasteiger partial charge in [-0.25, -0.2) is 0 Å². The molecule has 2 rings (SSSR count). The Morgan fingerprint density at radius 2 is 1.94 bits per heavy atom. The van der Waals surface area contributed by atoms with Crippen LogP contribution in [0.1, 0.15) is 10.4 Å². The minimum atomic E-state index is -0.405. The zero-order valence-corrected chi connectivity index (χ0v) is 9.40. The highest BCUT2D eigenvalue weighted by molar-refractivity contribution is 6.34. The number of nitrogens with zero attached hydrogens (tertiary/aromatic N) is 3. The van der Waals surface area contributed by atoms with E-state index in [1.807, 2.05) is 0 Å². The van der Waals surface area contributed by atoms with E-state index in [1.165, 1.54) is 10.7 Å². The standard InChI is InChI=1S/C9H6Cl2N4O/c10-7-5-6(8(11)13-12-7)9(16)14-15-3-1-2-4-15/h1-5H,(H,14,16). The molecule has 1 N–H and O–H groups in total. The molecule has 5 nitrogen and oxygen atoms in total. The van der Waals surface area contributed by atoms with Crippen molar-refractivity contribution >= 4 is 29.1 Å². The number of rotatable bonds is 2. The van der Waals surface area contributed by atoms with Crippen LogP contribution in [0.2, 0.25) is 10.3 Å². The Kier molecular flexibility index (Phi) is 3.07. The molecule has 0 radical (unpaired) electrons. The predicted octanol–water partition coefficient (Wildman–Crippen LogP) is 1.97. The van der Waals surface area contributed by atoms with Crippen molar-refractivity contribution in [3.8, 4) is 0 Å². The second-order valence-electron chi connectivity index (χ2n) is 2.90. The number of halogens is 2.